The van der Waals surface area contributed by atoms with Gasteiger partial charge in [-0.1, -0.05) is 20.3 Å². The highest BCUT2D eigenvalue weighted by atomic mass is 28.3. The average molecular weight is 299 g/mol. The second kappa shape index (κ2) is 6.56. The molecule has 0 aromatic carbocycles. The van der Waals surface area contributed by atoms with E-state index in [-0.39, 0.29) is 0 Å². The van der Waals surface area contributed by atoms with Crippen LogP contribution < -0.4 is 0 Å². The van der Waals surface area contributed by atoms with E-state index in [0.717, 1.165) is 12.8 Å². The number of piperidine rings is 1. The fraction of sp³-hybridized carbons (Fsp3) is 1.00. The molecule has 7 heteroatoms. The lowest BCUT2D eigenvalue weighted by molar-refractivity contribution is -0.207. The molecule has 0 aromatic heterocycles. The van der Waals surface area contributed by atoms with Crippen LogP contribution in [-0.2, 0) is 8.85 Å². The highest BCUT2D eigenvalue weighted by Gasteiger charge is 2.55. The summed E-state index contributed by atoms with van der Waals surface area (Å²) in [5, 5.41) is 0. The molecule has 2 unspecified atom stereocenters. The highest BCUT2D eigenvalue weighted by Crippen LogP contribution is 2.45. The van der Waals surface area contributed by atoms with E-state index in [9.17, 15) is 13.2 Å². The van der Waals surface area contributed by atoms with Gasteiger partial charge in [-0.3, -0.25) is 4.57 Å². The summed E-state index contributed by atoms with van der Waals surface area (Å²) in [5.41, 5.74) is -0.876. The van der Waals surface area contributed by atoms with E-state index in [1.54, 1.807) is 0 Å². The van der Waals surface area contributed by atoms with E-state index in [1.807, 2.05) is 11.5 Å². The summed E-state index contributed by atoms with van der Waals surface area (Å²) in [6.45, 7) is 3.75. The van der Waals surface area contributed by atoms with Gasteiger partial charge in [-0.05, 0) is 25.8 Å². The minimum Gasteiger partial charge on any atom is -0.388 e. The van der Waals surface area contributed by atoms with Gasteiger partial charge >= 0.3 is 15.6 Å². The molecular formula is C12H24F3NO2Si. The number of hydrogen-bond donors (Lipinski definition) is 0. The minimum absolute atomic E-state index is 0.462. The third-order valence-corrected chi connectivity index (χ3v) is 6.49. The SMILES string of the molecule is CCC1(C(C)C(F)(F)F)CCCCN1[SiH](OC)OC. The quantitative estimate of drug-likeness (QED) is 0.729. The Balaban J connectivity index is 3.10. The molecule has 0 spiro atoms. The molecule has 114 valence electrons. The number of alkyl halides is 3. The Morgan fingerprint density at radius 3 is 2.26 bits per heavy atom. The van der Waals surface area contributed by atoms with E-state index >= 15 is 0 Å². The van der Waals surface area contributed by atoms with Gasteiger partial charge in [0.25, 0.3) is 0 Å². The highest BCUT2D eigenvalue weighted by molar-refractivity contribution is 6.41. The van der Waals surface area contributed by atoms with Crippen molar-refractivity contribution in [2.24, 2.45) is 5.92 Å². The molecule has 0 bridgehead atoms. The van der Waals surface area contributed by atoms with Crippen LogP contribution in [0.3, 0.4) is 0 Å². The van der Waals surface area contributed by atoms with Crippen molar-refractivity contribution in [1.82, 2.24) is 4.57 Å². The van der Waals surface area contributed by atoms with E-state index in [2.05, 4.69) is 0 Å². The standard InChI is InChI=1S/C12H24F3NO2Si/c1-5-11(10(2)12(13,14)15)8-6-7-9-16(11)19(17-3)18-4/h10,19H,5-9H2,1-4H3. The van der Waals surface area contributed by atoms with Gasteiger partial charge in [-0.2, -0.15) is 13.2 Å². The fourth-order valence-corrected chi connectivity index (χ4v) is 5.25. The van der Waals surface area contributed by atoms with Crippen molar-refractivity contribution >= 4 is 9.45 Å². The second-order valence-corrected chi connectivity index (χ2v) is 7.33. The summed E-state index contributed by atoms with van der Waals surface area (Å²) in [4.78, 5) is 0. The molecule has 0 amide bonds. The summed E-state index contributed by atoms with van der Waals surface area (Å²) in [7, 11) is 0.832. The first-order valence-corrected chi connectivity index (χ1v) is 8.18. The average Bonchev–Trinajstić information content (AvgIpc) is 2.39. The van der Waals surface area contributed by atoms with Gasteiger partial charge in [0, 0.05) is 19.8 Å². The Labute approximate surface area is 115 Å². The van der Waals surface area contributed by atoms with Crippen molar-refractivity contribution in [3.63, 3.8) is 0 Å². The number of rotatable bonds is 5. The van der Waals surface area contributed by atoms with Crippen LogP contribution >= 0.6 is 0 Å². The largest absolute Gasteiger partial charge is 0.410 e. The molecule has 0 aliphatic carbocycles. The summed E-state index contributed by atoms with van der Waals surface area (Å²) in [6, 6.07) is 0. The number of nitrogens with zero attached hydrogens (tertiary/aromatic N) is 1. The Hall–Kier alpha value is -0.113. The maximum absolute atomic E-state index is 13.2. The molecule has 1 saturated heterocycles. The van der Waals surface area contributed by atoms with Gasteiger partial charge in [-0.15, -0.1) is 0 Å². The van der Waals surface area contributed by atoms with Crippen LogP contribution in [0.4, 0.5) is 13.2 Å². The number of hydrogen-bond acceptors (Lipinski definition) is 3. The van der Waals surface area contributed by atoms with Gasteiger partial charge in [0.15, 0.2) is 0 Å². The lowest BCUT2D eigenvalue weighted by atomic mass is 9.76. The van der Waals surface area contributed by atoms with Crippen LogP contribution in [0, 0.1) is 5.92 Å². The summed E-state index contributed by atoms with van der Waals surface area (Å²) < 4.78 is 52.2. The first-order chi connectivity index (χ1) is 8.83. The first kappa shape index (κ1) is 16.9. The Morgan fingerprint density at radius 2 is 1.84 bits per heavy atom. The lowest BCUT2D eigenvalue weighted by Gasteiger charge is -2.52. The van der Waals surface area contributed by atoms with Gasteiger partial charge in [0.1, 0.15) is 0 Å². The zero-order valence-electron chi connectivity index (χ0n) is 12.1. The normalized spacial score (nSPS) is 27.8. The molecular weight excluding hydrogens is 275 g/mol. The monoisotopic (exact) mass is 299 g/mol. The van der Waals surface area contributed by atoms with Crippen LogP contribution in [-0.4, -0.2) is 46.5 Å². The smallest absolute Gasteiger partial charge is 0.388 e. The Bertz CT molecular complexity index is 287. The van der Waals surface area contributed by atoms with Gasteiger partial charge in [0.2, 0.25) is 0 Å². The molecule has 1 rings (SSSR count). The van der Waals surface area contributed by atoms with E-state index in [1.165, 1.54) is 21.1 Å². The summed E-state index contributed by atoms with van der Waals surface area (Å²) >= 11 is 0. The van der Waals surface area contributed by atoms with Crippen molar-refractivity contribution < 1.29 is 22.0 Å². The molecule has 0 aromatic rings. The minimum atomic E-state index is -4.19. The zero-order valence-corrected chi connectivity index (χ0v) is 13.2. The Morgan fingerprint density at radius 1 is 1.26 bits per heavy atom. The summed E-state index contributed by atoms with van der Waals surface area (Å²) in [5.74, 6) is -1.37. The topological polar surface area (TPSA) is 21.7 Å². The molecule has 19 heavy (non-hydrogen) atoms. The van der Waals surface area contributed by atoms with Crippen LogP contribution in [0.1, 0.15) is 39.5 Å². The van der Waals surface area contributed by atoms with Crippen LogP contribution in [0.2, 0.25) is 0 Å². The maximum Gasteiger partial charge on any atom is 0.410 e. The van der Waals surface area contributed by atoms with Crippen molar-refractivity contribution in [1.29, 1.82) is 0 Å². The van der Waals surface area contributed by atoms with Crippen molar-refractivity contribution in [2.45, 2.75) is 51.2 Å². The van der Waals surface area contributed by atoms with Crippen LogP contribution in [0.25, 0.3) is 0 Å². The predicted octanol–water partition coefficient (Wildman–Crippen LogP) is 2.83. The van der Waals surface area contributed by atoms with Gasteiger partial charge in [0.05, 0.1) is 5.92 Å². The third-order valence-electron chi connectivity index (χ3n) is 4.40. The summed E-state index contributed by atoms with van der Waals surface area (Å²) in [6.07, 6.45) is -1.43. The molecule has 0 radical (unpaired) electrons. The molecule has 1 aliphatic rings. The van der Waals surface area contributed by atoms with Gasteiger partial charge in [-0.25, -0.2) is 0 Å². The predicted molar refractivity (Wildman–Crippen MR) is 70.0 cm³/mol. The molecule has 0 N–H and O–H groups in total. The van der Waals surface area contributed by atoms with Gasteiger partial charge < -0.3 is 8.85 Å². The molecule has 0 saturated carbocycles. The van der Waals surface area contributed by atoms with E-state index < -0.39 is 27.1 Å². The fourth-order valence-electron chi connectivity index (χ4n) is 3.20. The molecule has 1 heterocycles. The zero-order chi connectivity index (χ0) is 14.7. The Kier molecular flexibility index (Phi) is 5.85. The van der Waals surface area contributed by atoms with E-state index in [0.29, 0.717) is 19.4 Å². The lowest BCUT2D eigenvalue weighted by Crippen LogP contribution is -2.64. The second-order valence-electron chi connectivity index (χ2n) is 5.15. The first-order valence-electron chi connectivity index (χ1n) is 6.72. The maximum atomic E-state index is 13.2. The molecule has 1 fully saturated rings. The third kappa shape index (κ3) is 3.32. The van der Waals surface area contributed by atoms with Crippen molar-refractivity contribution in [3.8, 4) is 0 Å². The molecule has 2 atom stereocenters. The van der Waals surface area contributed by atoms with Crippen molar-refractivity contribution in [2.75, 3.05) is 20.8 Å². The molecule has 1 aliphatic heterocycles. The van der Waals surface area contributed by atoms with E-state index in [4.69, 9.17) is 8.85 Å². The van der Waals surface area contributed by atoms with Crippen LogP contribution in [0.15, 0.2) is 0 Å². The van der Waals surface area contributed by atoms with Crippen molar-refractivity contribution in [3.05, 3.63) is 0 Å². The molecule has 3 nitrogen and oxygen atoms in total. The van der Waals surface area contributed by atoms with Crippen LogP contribution in [0.5, 0.6) is 0 Å². The number of halogens is 3.